The maximum absolute atomic E-state index is 11.8. The van der Waals surface area contributed by atoms with Crippen molar-refractivity contribution in [3.63, 3.8) is 0 Å². The summed E-state index contributed by atoms with van der Waals surface area (Å²) in [6, 6.07) is 74.1. The first-order chi connectivity index (χ1) is 32.9. The van der Waals surface area contributed by atoms with Crippen molar-refractivity contribution in [3.8, 4) is 68.0 Å². The van der Waals surface area contributed by atoms with Gasteiger partial charge in [0.1, 0.15) is 12.1 Å². The molecule has 0 atom stereocenters. The lowest BCUT2D eigenvalue weighted by atomic mass is 9.71. The smallest absolute Gasteiger partial charge is 0.103 e. The zero-order chi connectivity index (χ0) is 46.9. The molecule has 11 rings (SSSR count). The van der Waals surface area contributed by atoms with Gasteiger partial charge in [-0.3, -0.25) is 0 Å². The lowest BCUT2D eigenvalue weighted by Gasteiger charge is -2.36. The lowest BCUT2D eigenvalue weighted by Crippen LogP contribution is -2.28. The fourth-order valence-corrected chi connectivity index (χ4v) is 10.6. The molecule has 326 valence electrons. The van der Waals surface area contributed by atoms with E-state index in [2.05, 4.69) is 233 Å². The molecule has 0 amide bonds. The van der Waals surface area contributed by atoms with E-state index in [4.69, 9.17) is 0 Å². The lowest BCUT2D eigenvalue weighted by molar-refractivity contribution is 0.526. The van der Waals surface area contributed by atoms with Crippen molar-refractivity contribution in [2.24, 2.45) is 0 Å². The summed E-state index contributed by atoms with van der Waals surface area (Å²) in [7, 11) is 0. The van der Waals surface area contributed by atoms with Crippen LogP contribution in [0.1, 0.15) is 63.8 Å². The van der Waals surface area contributed by atoms with Crippen LogP contribution in [0.5, 0.6) is 0 Å². The van der Waals surface area contributed by atoms with Gasteiger partial charge in [0.2, 0.25) is 0 Å². The highest BCUT2D eigenvalue weighted by molar-refractivity contribution is 6.14. The van der Waals surface area contributed by atoms with Gasteiger partial charge in [0.15, 0.2) is 0 Å². The van der Waals surface area contributed by atoms with E-state index < -0.39 is 10.8 Å². The second-order valence-electron chi connectivity index (χ2n) is 20.0. The zero-order valence-electron chi connectivity index (χ0n) is 39.3. The summed E-state index contributed by atoms with van der Waals surface area (Å²) in [5.41, 5.74) is 16.2. The van der Waals surface area contributed by atoms with Crippen LogP contribution >= 0.6 is 0 Å². The summed E-state index contributed by atoms with van der Waals surface area (Å²) in [6.45, 7) is 13.5. The maximum atomic E-state index is 11.8. The van der Waals surface area contributed by atoms with Crippen LogP contribution in [0.4, 0.5) is 0 Å². The largest absolute Gasteiger partial charge is 0.308 e. The fraction of sp³-hybridized carbons (Fsp3) is 0.125. The van der Waals surface area contributed by atoms with Crippen molar-refractivity contribution in [2.75, 3.05) is 0 Å². The zero-order valence-corrected chi connectivity index (χ0v) is 39.3. The van der Waals surface area contributed by atoms with E-state index in [1.807, 2.05) is 24.3 Å². The van der Waals surface area contributed by atoms with Crippen molar-refractivity contribution in [1.82, 2.24) is 9.13 Å². The molecule has 11 aromatic rings. The monoisotopic (exact) mass is 874 g/mol. The molecule has 0 fully saturated rings. The minimum absolute atomic E-state index is 0.357. The molecular formula is C64H50N4. The third-order valence-electron chi connectivity index (χ3n) is 13.6. The SMILES string of the molecule is CC(C)(C)c1c(-n2c3ccc(-c4ccccc4)cc3c3cc(-c4ccccc4)ccc32)c(C#N)c(C#N)c(-n2c3ccc(-c4ccccc4)cc3c3cc(-c4ccccc4)ccc32)c1C(C)(C)C. The quantitative estimate of drug-likeness (QED) is 0.167. The number of benzene rings is 9. The van der Waals surface area contributed by atoms with Crippen molar-refractivity contribution in [2.45, 2.75) is 52.4 Å². The Bertz CT molecular complexity index is 3400. The second-order valence-corrected chi connectivity index (χ2v) is 20.0. The molecule has 2 aromatic heterocycles. The molecule has 0 radical (unpaired) electrons. The maximum Gasteiger partial charge on any atom is 0.103 e. The Morgan fingerprint density at radius 1 is 0.309 bits per heavy atom. The van der Waals surface area contributed by atoms with Crippen LogP contribution in [0.15, 0.2) is 194 Å². The van der Waals surface area contributed by atoms with Gasteiger partial charge in [-0.2, -0.15) is 10.5 Å². The summed E-state index contributed by atoms with van der Waals surface area (Å²) in [4.78, 5) is 0. The number of nitrogens with zero attached hydrogens (tertiary/aromatic N) is 4. The van der Waals surface area contributed by atoms with Crippen LogP contribution in [-0.2, 0) is 10.8 Å². The predicted molar refractivity (Wildman–Crippen MR) is 284 cm³/mol. The Balaban J connectivity index is 1.29. The van der Waals surface area contributed by atoms with Gasteiger partial charge < -0.3 is 9.13 Å². The topological polar surface area (TPSA) is 57.4 Å². The number of rotatable bonds is 6. The van der Waals surface area contributed by atoms with Crippen molar-refractivity contribution in [1.29, 1.82) is 10.5 Å². The highest BCUT2D eigenvalue weighted by Crippen LogP contribution is 2.50. The van der Waals surface area contributed by atoms with Gasteiger partial charge in [-0.15, -0.1) is 0 Å². The van der Waals surface area contributed by atoms with Crippen LogP contribution in [0.3, 0.4) is 0 Å². The Kier molecular flexibility index (Phi) is 10.0. The van der Waals surface area contributed by atoms with Gasteiger partial charge in [0.05, 0.1) is 44.6 Å². The van der Waals surface area contributed by atoms with Gasteiger partial charge in [0.25, 0.3) is 0 Å². The summed E-state index contributed by atoms with van der Waals surface area (Å²) < 4.78 is 4.58. The second kappa shape index (κ2) is 16.2. The van der Waals surface area contributed by atoms with E-state index in [-0.39, 0.29) is 0 Å². The van der Waals surface area contributed by atoms with E-state index in [1.165, 1.54) is 0 Å². The Hall–Kier alpha value is -8.44. The number of hydrogen-bond donors (Lipinski definition) is 0. The van der Waals surface area contributed by atoms with Crippen LogP contribution in [-0.4, -0.2) is 9.13 Å². The molecule has 2 heterocycles. The number of nitriles is 2. The first-order valence-electron chi connectivity index (χ1n) is 23.4. The van der Waals surface area contributed by atoms with E-state index in [0.717, 1.165) is 111 Å². The molecule has 0 aliphatic rings. The number of hydrogen-bond acceptors (Lipinski definition) is 2. The Labute approximate surface area is 398 Å². The summed E-state index contributed by atoms with van der Waals surface area (Å²) in [6.07, 6.45) is 0. The molecular weight excluding hydrogens is 825 g/mol. The van der Waals surface area contributed by atoms with Gasteiger partial charge in [-0.1, -0.05) is 187 Å². The van der Waals surface area contributed by atoms with Crippen LogP contribution < -0.4 is 0 Å². The van der Waals surface area contributed by atoms with Crippen molar-refractivity contribution >= 4 is 43.6 Å². The molecule has 0 bridgehead atoms. The van der Waals surface area contributed by atoms with Gasteiger partial charge in [0, 0.05) is 21.5 Å². The molecule has 0 N–H and O–H groups in total. The standard InChI is InChI=1S/C64H50N4/c1-63(2,3)59-60(64(4,5)6)62(68-57-33-29-47(43-23-15-9-16-24-43)37-51(57)52-38-48(30-34-58(52)68)44-25-17-10-18-26-44)54(40-66)53(39-65)61(59)67-55-31-27-45(41-19-11-7-12-20-41)35-49(55)50-36-46(28-32-56(50)67)42-21-13-8-14-22-42/h7-38H,1-6H3. The molecule has 0 spiro atoms. The Morgan fingerprint density at radius 2 is 0.544 bits per heavy atom. The van der Waals surface area contributed by atoms with Crippen LogP contribution in [0.25, 0.3) is 99.5 Å². The Morgan fingerprint density at radius 3 is 0.750 bits per heavy atom. The first-order valence-corrected chi connectivity index (χ1v) is 23.4. The average Bonchev–Trinajstić information content (AvgIpc) is 3.86. The summed E-state index contributed by atoms with van der Waals surface area (Å²) in [5.74, 6) is 0. The van der Waals surface area contributed by atoms with Gasteiger partial charge in [-0.25, -0.2) is 0 Å². The normalized spacial score (nSPS) is 11.9. The molecule has 0 saturated heterocycles. The first kappa shape index (κ1) is 42.2. The van der Waals surface area contributed by atoms with Crippen LogP contribution in [0, 0.1) is 22.7 Å². The van der Waals surface area contributed by atoms with E-state index >= 15 is 0 Å². The highest BCUT2D eigenvalue weighted by Gasteiger charge is 2.38. The predicted octanol–water partition coefficient (Wildman–Crippen LogP) is 16.9. The third-order valence-corrected chi connectivity index (χ3v) is 13.6. The molecule has 4 nitrogen and oxygen atoms in total. The van der Waals surface area contributed by atoms with Gasteiger partial charge in [-0.05, 0) is 115 Å². The number of aromatic nitrogens is 2. The molecule has 0 aliphatic carbocycles. The molecule has 68 heavy (non-hydrogen) atoms. The average molecular weight is 875 g/mol. The molecule has 0 aliphatic heterocycles. The van der Waals surface area contributed by atoms with Crippen LogP contribution in [0.2, 0.25) is 0 Å². The molecule has 4 heteroatoms. The third kappa shape index (κ3) is 6.88. The number of fused-ring (bicyclic) bond motifs is 6. The van der Waals surface area contributed by atoms with E-state index in [9.17, 15) is 10.5 Å². The minimum Gasteiger partial charge on any atom is -0.308 e. The summed E-state index contributed by atoms with van der Waals surface area (Å²) >= 11 is 0. The van der Waals surface area contributed by atoms with Crippen molar-refractivity contribution in [3.05, 3.63) is 216 Å². The van der Waals surface area contributed by atoms with E-state index in [0.29, 0.717) is 11.1 Å². The summed E-state index contributed by atoms with van der Waals surface area (Å²) in [5, 5.41) is 27.9. The molecule has 0 unspecified atom stereocenters. The fourth-order valence-electron chi connectivity index (χ4n) is 10.6. The minimum atomic E-state index is -0.497. The highest BCUT2D eigenvalue weighted by atomic mass is 15.0. The van der Waals surface area contributed by atoms with E-state index in [1.54, 1.807) is 0 Å². The molecule has 0 saturated carbocycles. The molecule has 9 aromatic carbocycles. The van der Waals surface area contributed by atoms with Crippen molar-refractivity contribution < 1.29 is 0 Å². The van der Waals surface area contributed by atoms with Gasteiger partial charge >= 0.3 is 0 Å².